The van der Waals surface area contributed by atoms with Crippen LogP contribution < -0.4 is 5.32 Å². The van der Waals surface area contributed by atoms with Gasteiger partial charge in [0.25, 0.3) is 0 Å². The first-order valence-electron chi connectivity index (χ1n) is 5.50. The van der Waals surface area contributed by atoms with Crippen LogP contribution in [0.2, 0.25) is 0 Å². The van der Waals surface area contributed by atoms with Gasteiger partial charge in [0.05, 0.1) is 13.3 Å². The van der Waals surface area contributed by atoms with Crippen molar-refractivity contribution in [2.24, 2.45) is 0 Å². The molecule has 1 aromatic carbocycles. The summed E-state index contributed by atoms with van der Waals surface area (Å²) in [6.07, 6.45) is 0. The lowest BCUT2D eigenvalue weighted by Gasteiger charge is -2.26. The van der Waals surface area contributed by atoms with Gasteiger partial charge in [-0.15, -0.1) is 0 Å². The lowest BCUT2D eigenvalue weighted by atomic mass is 10.2. The summed E-state index contributed by atoms with van der Waals surface area (Å²) in [5, 5.41) is 3.33. The zero-order valence-electron chi connectivity index (χ0n) is 8.98. The van der Waals surface area contributed by atoms with E-state index in [-0.39, 0.29) is 0 Å². The van der Waals surface area contributed by atoms with E-state index in [2.05, 4.69) is 22.3 Å². The molecule has 0 spiro atoms. The predicted molar refractivity (Wildman–Crippen MR) is 60.5 cm³/mol. The van der Waals surface area contributed by atoms with E-state index >= 15 is 0 Å². The van der Waals surface area contributed by atoms with E-state index in [4.69, 9.17) is 4.74 Å². The summed E-state index contributed by atoms with van der Waals surface area (Å²) in [5.41, 5.74) is 1.24. The Bertz CT molecular complexity index is 270. The van der Waals surface area contributed by atoms with E-state index in [1.807, 2.05) is 18.2 Å². The molecule has 1 saturated heterocycles. The van der Waals surface area contributed by atoms with Crippen molar-refractivity contribution in [2.75, 3.05) is 32.9 Å². The fourth-order valence-corrected chi connectivity index (χ4v) is 1.71. The van der Waals surface area contributed by atoms with Crippen molar-refractivity contribution in [1.82, 2.24) is 10.2 Å². The van der Waals surface area contributed by atoms with Crippen molar-refractivity contribution in [3.63, 3.8) is 0 Å². The van der Waals surface area contributed by atoms with Gasteiger partial charge >= 0.3 is 0 Å². The zero-order chi connectivity index (χ0) is 10.3. The molecule has 1 aliphatic heterocycles. The maximum absolute atomic E-state index is 5.66. The molecule has 0 aliphatic carbocycles. The highest BCUT2D eigenvalue weighted by atomic mass is 16.5. The number of nitrogens with one attached hydrogen (secondary N) is 1. The lowest BCUT2D eigenvalue weighted by molar-refractivity contribution is 0.0131. The van der Waals surface area contributed by atoms with E-state index in [1.165, 1.54) is 5.56 Å². The Hall–Kier alpha value is -0.900. The van der Waals surface area contributed by atoms with Crippen molar-refractivity contribution in [2.45, 2.75) is 6.61 Å². The first kappa shape index (κ1) is 10.6. The van der Waals surface area contributed by atoms with Crippen LogP contribution in [0.5, 0.6) is 0 Å². The molecule has 0 unspecified atom stereocenters. The van der Waals surface area contributed by atoms with Crippen molar-refractivity contribution < 1.29 is 4.74 Å². The highest BCUT2D eigenvalue weighted by Gasteiger charge is 2.08. The molecule has 1 heterocycles. The number of piperazine rings is 1. The van der Waals surface area contributed by atoms with Gasteiger partial charge in [0.2, 0.25) is 0 Å². The van der Waals surface area contributed by atoms with Gasteiger partial charge in [-0.05, 0) is 5.56 Å². The number of rotatable bonds is 4. The molecule has 0 amide bonds. The Labute approximate surface area is 91.0 Å². The minimum absolute atomic E-state index is 0.713. The van der Waals surface area contributed by atoms with Crippen LogP contribution in [0, 0.1) is 0 Å². The smallest absolute Gasteiger partial charge is 0.0995 e. The number of hydrogen-bond donors (Lipinski definition) is 1. The molecule has 15 heavy (non-hydrogen) atoms. The third kappa shape index (κ3) is 3.63. The molecule has 0 atom stereocenters. The van der Waals surface area contributed by atoms with Gasteiger partial charge in [0.15, 0.2) is 0 Å². The Kier molecular flexibility index (Phi) is 4.14. The SMILES string of the molecule is c1ccc(COCN2CCNCC2)cc1. The van der Waals surface area contributed by atoms with E-state index in [9.17, 15) is 0 Å². The molecule has 3 heteroatoms. The standard InChI is InChI=1S/C12H18N2O/c1-2-4-12(5-3-1)10-15-11-14-8-6-13-7-9-14/h1-5,13H,6-11H2. The molecule has 3 nitrogen and oxygen atoms in total. The molecule has 1 N–H and O–H groups in total. The number of benzene rings is 1. The topological polar surface area (TPSA) is 24.5 Å². The monoisotopic (exact) mass is 206 g/mol. The fraction of sp³-hybridized carbons (Fsp3) is 0.500. The van der Waals surface area contributed by atoms with Gasteiger partial charge < -0.3 is 10.1 Å². The molecule has 1 aromatic rings. The molecule has 1 fully saturated rings. The average molecular weight is 206 g/mol. The third-order valence-electron chi connectivity index (χ3n) is 2.60. The van der Waals surface area contributed by atoms with E-state index < -0.39 is 0 Å². The predicted octanol–water partition coefficient (Wildman–Crippen LogP) is 1.07. The summed E-state index contributed by atoms with van der Waals surface area (Å²) in [4.78, 5) is 2.33. The highest BCUT2D eigenvalue weighted by Crippen LogP contribution is 2.01. The number of nitrogens with zero attached hydrogens (tertiary/aromatic N) is 1. The molecule has 0 radical (unpaired) electrons. The van der Waals surface area contributed by atoms with Crippen LogP contribution in [-0.4, -0.2) is 37.8 Å². The molecule has 0 bridgehead atoms. The van der Waals surface area contributed by atoms with Crippen LogP contribution in [-0.2, 0) is 11.3 Å². The third-order valence-corrected chi connectivity index (χ3v) is 2.60. The van der Waals surface area contributed by atoms with E-state index in [0.717, 1.165) is 32.9 Å². The normalized spacial score (nSPS) is 17.9. The zero-order valence-corrected chi connectivity index (χ0v) is 8.98. The Balaban J connectivity index is 1.66. The largest absolute Gasteiger partial charge is 0.361 e. The number of hydrogen-bond acceptors (Lipinski definition) is 3. The van der Waals surface area contributed by atoms with Crippen molar-refractivity contribution in [3.8, 4) is 0 Å². The van der Waals surface area contributed by atoms with Gasteiger partial charge in [-0.3, -0.25) is 4.90 Å². The van der Waals surface area contributed by atoms with Crippen molar-refractivity contribution in [3.05, 3.63) is 35.9 Å². The molecular formula is C12H18N2O. The summed E-state index contributed by atoms with van der Waals surface area (Å²) >= 11 is 0. The number of ether oxygens (including phenoxy) is 1. The quantitative estimate of drug-likeness (QED) is 0.797. The van der Waals surface area contributed by atoms with Crippen molar-refractivity contribution in [1.29, 1.82) is 0 Å². The summed E-state index contributed by atoms with van der Waals surface area (Å²) in [5.74, 6) is 0. The first-order chi connectivity index (χ1) is 7.45. The fourth-order valence-electron chi connectivity index (χ4n) is 1.71. The summed E-state index contributed by atoms with van der Waals surface area (Å²) in [6, 6.07) is 10.3. The Morgan fingerprint density at radius 1 is 1.13 bits per heavy atom. The average Bonchev–Trinajstić information content (AvgIpc) is 2.32. The maximum Gasteiger partial charge on any atom is 0.0995 e. The molecule has 2 rings (SSSR count). The van der Waals surface area contributed by atoms with E-state index in [1.54, 1.807) is 0 Å². The van der Waals surface area contributed by atoms with Gasteiger partial charge in [-0.25, -0.2) is 0 Å². The minimum Gasteiger partial charge on any atom is -0.361 e. The maximum atomic E-state index is 5.66. The van der Waals surface area contributed by atoms with Gasteiger partial charge in [-0.2, -0.15) is 0 Å². The molecule has 1 aliphatic rings. The minimum atomic E-state index is 0.713. The molecule has 0 aromatic heterocycles. The molecule has 82 valence electrons. The second-order valence-corrected chi connectivity index (χ2v) is 3.83. The second-order valence-electron chi connectivity index (χ2n) is 3.83. The van der Waals surface area contributed by atoms with Gasteiger partial charge in [0, 0.05) is 26.2 Å². The van der Waals surface area contributed by atoms with Crippen molar-refractivity contribution >= 4 is 0 Å². The Morgan fingerprint density at radius 3 is 2.60 bits per heavy atom. The van der Waals surface area contributed by atoms with Crippen LogP contribution in [0.25, 0.3) is 0 Å². The van der Waals surface area contributed by atoms with Gasteiger partial charge in [-0.1, -0.05) is 30.3 Å². The highest BCUT2D eigenvalue weighted by molar-refractivity contribution is 5.13. The lowest BCUT2D eigenvalue weighted by Crippen LogP contribution is -2.44. The van der Waals surface area contributed by atoms with Crippen LogP contribution in [0.15, 0.2) is 30.3 Å². The molecule has 0 saturated carbocycles. The van der Waals surface area contributed by atoms with Gasteiger partial charge in [0.1, 0.15) is 0 Å². The van der Waals surface area contributed by atoms with Crippen LogP contribution >= 0.6 is 0 Å². The summed E-state index contributed by atoms with van der Waals surface area (Å²) in [7, 11) is 0. The van der Waals surface area contributed by atoms with E-state index in [0.29, 0.717) is 6.61 Å². The first-order valence-corrected chi connectivity index (χ1v) is 5.50. The van der Waals surface area contributed by atoms with Crippen LogP contribution in [0.1, 0.15) is 5.56 Å². The summed E-state index contributed by atoms with van der Waals surface area (Å²) in [6.45, 7) is 5.80. The second kappa shape index (κ2) is 5.85. The Morgan fingerprint density at radius 2 is 1.87 bits per heavy atom. The van der Waals surface area contributed by atoms with Crippen LogP contribution in [0.4, 0.5) is 0 Å². The molecular weight excluding hydrogens is 188 g/mol. The summed E-state index contributed by atoms with van der Waals surface area (Å²) < 4.78 is 5.66. The van der Waals surface area contributed by atoms with Crippen LogP contribution in [0.3, 0.4) is 0 Å².